The van der Waals surface area contributed by atoms with E-state index >= 15 is 0 Å². The van der Waals surface area contributed by atoms with Gasteiger partial charge in [-0.3, -0.25) is 4.68 Å². The highest BCUT2D eigenvalue weighted by Crippen LogP contribution is 2.39. The van der Waals surface area contributed by atoms with Gasteiger partial charge in [0.1, 0.15) is 5.56 Å². The van der Waals surface area contributed by atoms with E-state index in [0.29, 0.717) is 0 Å². The third kappa shape index (κ3) is 2.24. The van der Waals surface area contributed by atoms with Crippen LogP contribution in [0.3, 0.4) is 0 Å². The van der Waals surface area contributed by atoms with Crippen molar-refractivity contribution in [1.29, 1.82) is 0 Å². The Labute approximate surface area is 80.5 Å². The van der Waals surface area contributed by atoms with E-state index in [0.717, 1.165) is 0 Å². The number of nitrogens with zero attached hydrogens (tertiary/aromatic N) is 2. The van der Waals surface area contributed by atoms with Crippen molar-refractivity contribution in [3.63, 3.8) is 0 Å². The minimum atomic E-state index is -5.06. The van der Waals surface area contributed by atoms with Crippen molar-refractivity contribution in [2.75, 3.05) is 0 Å². The summed E-state index contributed by atoms with van der Waals surface area (Å²) in [6, 6.07) is 0. The van der Waals surface area contributed by atoms with E-state index in [2.05, 4.69) is 5.10 Å². The Morgan fingerprint density at radius 2 is 1.67 bits per heavy atom. The van der Waals surface area contributed by atoms with Crippen LogP contribution in [0.5, 0.6) is 0 Å². The van der Waals surface area contributed by atoms with Gasteiger partial charge in [-0.15, -0.1) is 0 Å². The summed E-state index contributed by atoms with van der Waals surface area (Å²) >= 11 is 0. The number of hydrogen-bond donors (Lipinski definition) is 0. The van der Waals surface area contributed by atoms with Crippen LogP contribution in [0, 0.1) is 0 Å². The van der Waals surface area contributed by atoms with E-state index in [4.69, 9.17) is 0 Å². The van der Waals surface area contributed by atoms with Crippen molar-refractivity contribution >= 4 is 0 Å². The number of hydrogen-bond acceptors (Lipinski definition) is 1. The van der Waals surface area contributed by atoms with Crippen molar-refractivity contribution < 1.29 is 26.3 Å². The molecule has 1 rings (SSSR count). The van der Waals surface area contributed by atoms with Gasteiger partial charge in [0, 0.05) is 6.54 Å². The fourth-order valence-electron chi connectivity index (χ4n) is 1.13. The van der Waals surface area contributed by atoms with Gasteiger partial charge < -0.3 is 0 Å². The molecule has 0 aliphatic carbocycles. The molecule has 0 aliphatic rings. The first kappa shape index (κ1) is 11.9. The smallest absolute Gasteiger partial charge is 0.260 e. The summed E-state index contributed by atoms with van der Waals surface area (Å²) in [6.45, 7) is 1.01. The van der Waals surface area contributed by atoms with E-state index in [-0.39, 0.29) is 17.4 Å². The summed E-state index contributed by atoms with van der Waals surface area (Å²) in [5.74, 6) is 0. The monoisotopic (exact) mass is 232 g/mol. The summed E-state index contributed by atoms with van der Waals surface area (Å²) in [6.07, 6.45) is -9.91. The molecule has 0 amide bonds. The molecule has 0 saturated heterocycles. The van der Waals surface area contributed by atoms with E-state index in [1.54, 1.807) is 0 Å². The number of aryl methyl sites for hydroxylation is 1. The quantitative estimate of drug-likeness (QED) is 0.680. The zero-order valence-electron chi connectivity index (χ0n) is 7.45. The van der Waals surface area contributed by atoms with Crippen LogP contribution in [0.4, 0.5) is 26.3 Å². The highest BCUT2D eigenvalue weighted by molar-refractivity contribution is 5.23. The predicted molar refractivity (Wildman–Crippen MR) is 37.9 cm³/mol. The fraction of sp³-hybridized carbons (Fsp3) is 0.571. The van der Waals surface area contributed by atoms with Crippen molar-refractivity contribution in [3.05, 3.63) is 17.5 Å². The highest BCUT2D eigenvalue weighted by Gasteiger charge is 2.46. The van der Waals surface area contributed by atoms with Gasteiger partial charge in [0.2, 0.25) is 0 Å². The summed E-state index contributed by atoms with van der Waals surface area (Å²) in [4.78, 5) is 0. The maximum absolute atomic E-state index is 12.3. The van der Waals surface area contributed by atoms with Crippen LogP contribution in [-0.4, -0.2) is 9.78 Å². The summed E-state index contributed by atoms with van der Waals surface area (Å²) in [5.41, 5.74) is -3.51. The Bertz CT molecular complexity index is 347. The molecule has 1 heterocycles. The third-order valence-corrected chi connectivity index (χ3v) is 1.71. The molecule has 0 bridgehead atoms. The molecule has 0 spiro atoms. The van der Waals surface area contributed by atoms with E-state index in [9.17, 15) is 26.3 Å². The molecule has 1 aromatic rings. The van der Waals surface area contributed by atoms with Gasteiger partial charge in [-0.05, 0) is 6.92 Å². The lowest BCUT2D eigenvalue weighted by Gasteiger charge is -2.12. The number of alkyl halides is 6. The maximum Gasteiger partial charge on any atom is 0.433 e. The molecular formula is C7H6F6N2. The molecule has 0 atom stereocenters. The van der Waals surface area contributed by atoms with Gasteiger partial charge in [-0.1, -0.05) is 0 Å². The molecule has 15 heavy (non-hydrogen) atoms. The van der Waals surface area contributed by atoms with E-state index in [1.807, 2.05) is 0 Å². The minimum absolute atomic E-state index is 0.187. The molecule has 1 aromatic heterocycles. The van der Waals surface area contributed by atoms with Gasteiger partial charge in [0.05, 0.1) is 6.20 Å². The van der Waals surface area contributed by atoms with Gasteiger partial charge in [0.15, 0.2) is 5.69 Å². The molecule has 86 valence electrons. The van der Waals surface area contributed by atoms with E-state index < -0.39 is 23.6 Å². The van der Waals surface area contributed by atoms with Crippen molar-refractivity contribution in [3.8, 4) is 0 Å². The lowest BCUT2D eigenvalue weighted by Crippen LogP contribution is -2.19. The SMILES string of the molecule is CCn1ncc(C(F)(F)F)c1C(F)(F)F. The van der Waals surface area contributed by atoms with Crippen LogP contribution in [0.25, 0.3) is 0 Å². The summed E-state index contributed by atoms with van der Waals surface area (Å²) in [5, 5.41) is 3.04. The lowest BCUT2D eigenvalue weighted by molar-refractivity contribution is -0.165. The second-order valence-electron chi connectivity index (χ2n) is 2.72. The van der Waals surface area contributed by atoms with Crippen molar-refractivity contribution in [1.82, 2.24) is 9.78 Å². The molecule has 0 N–H and O–H groups in total. The molecule has 8 heteroatoms. The highest BCUT2D eigenvalue weighted by atomic mass is 19.4. The van der Waals surface area contributed by atoms with Crippen LogP contribution in [0.15, 0.2) is 6.20 Å². The molecule has 0 aliphatic heterocycles. The Morgan fingerprint density at radius 1 is 1.13 bits per heavy atom. The first-order valence-corrected chi connectivity index (χ1v) is 3.88. The molecule has 2 nitrogen and oxygen atoms in total. The van der Waals surface area contributed by atoms with Gasteiger partial charge in [-0.25, -0.2) is 0 Å². The average Bonchev–Trinajstić information content (AvgIpc) is 2.44. The van der Waals surface area contributed by atoms with Crippen LogP contribution in [-0.2, 0) is 18.9 Å². The van der Waals surface area contributed by atoms with Crippen LogP contribution >= 0.6 is 0 Å². The molecule has 0 unspecified atom stereocenters. The van der Waals surface area contributed by atoms with Gasteiger partial charge in [-0.2, -0.15) is 31.4 Å². The Balaban J connectivity index is 3.37. The largest absolute Gasteiger partial charge is 0.433 e. The fourth-order valence-corrected chi connectivity index (χ4v) is 1.13. The molecule has 0 aromatic carbocycles. The average molecular weight is 232 g/mol. The molecule has 0 radical (unpaired) electrons. The predicted octanol–water partition coefficient (Wildman–Crippen LogP) is 2.94. The Kier molecular flexibility index (Phi) is 2.71. The number of halogens is 6. The summed E-state index contributed by atoms with van der Waals surface area (Å²) in [7, 11) is 0. The second kappa shape index (κ2) is 3.42. The van der Waals surface area contributed by atoms with Crippen LogP contribution < -0.4 is 0 Å². The zero-order chi connectivity index (χ0) is 11.9. The Hall–Kier alpha value is -1.21. The summed E-state index contributed by atoms with van der Waals surface area (Å²) < 4.78 is 73.7. The molecule has 0 fully saturated rings. The topological polar surface area (TPSA) is 17.8 Å². The van der Waals surface area contributed by atoms with Gasteiger partial charge in [0.25, 0.3) is 0 Å². The van der Waals surface area contributed by atoms with Crippen molar-refractivity contribution in [2.45, 2.75) is 25.8 Å². The minimum Gasteiger partial charge on any atom is -0.260 e. The van der Waals surface area contributed by atoms with Gasteiger partial charge >= 0.3 is 12.4 Å². The molecule has 0 saturated carbocycles. The van der Waals surface area contributed by atoms with Crippen LogP contribution in [0.1, 0.15) is 18.2 Å². The number of rotatable bonds is 1. The molecular weight excluding hydrogens is 226 g/mol. The lowest BCUT2D eigenvalue weighted by atomic mass is 10.2. The first-order valence-electron chi connectivity index (χ1n) is 3.88. The first-order chi connectivity index (χ1) is 6.68. The number of aromatic nitrogens is 2. The third-order valence-electron chi connectivity index (χ3n) is 1.71. The van der Waals surface area contributed by atoms with Crippen LogP contribution in [0.2, 0.25) is 0 Å². The maximum atomic E-state index is 12.3. The standard InChI is InChI=1S/C7H6F6N2/c1-2-15-5(7(11,12)13)4(3-14-15)6(8,9)10/h3H,2H2,1H3. The van der Waals surface area contributed by atoms with Crippen molar-refractivity contribution in [2.24, 2.45) is 0 Å². The zero-order valence-corrected chi connectivity index (χ0v) is 7.45. The normalized spacial score (nSPS) is 13.3. The Morgan fingerprint density at radius 3 is 2.00 bits per heavy atom. The second-order valence-corrected chi connectivity index (χ2v) is 2.72. The van der Waals surface area contributed by atoms with E-state index in [1.165, 1.54) is 6.92 Å².